The maximum atomic E-state index is 13.3. The van der Waals surface area contributed by atoms with Gasteiger partial charge in [-0.3, -0.25) is 0 Å². The Balaban J connectivity index is 2.29. The van der Waals surface area contributed by atoms with Gasteiger partial charge < -0.3 is 4.74 Å². The predicted molar refractivity (Wildman–Crippen MR) is 83.1 cm³/mol. The number of benzene rings is 1. The number of hydrogen-bond donors (Lipinski definition) is 0. The monoisotopic (exact) mass is 391 g/mol. The zero-order valence-electron chi connectivity index (χ0n) is 12.5. The van der Waals surface area contributed by atoms with Crippen LogP contribution in [-0.4, -0.2) is 29.5 Å². The molecule has 0 atom stereocenters. The molecule has 6 nitrogen and oxygen atoms in total. The van der Waals surface area contributed by atoms with E-state index in [2.05, 4.69) is 9.97 Å². The average Bonchev–Trinajstić information content (AvgIpc) is 2.97. The van der Waals surface area contributed by atoms with Crippen LogP contribution in [0.2, 0.25) is 5.15 Å². The molecule has 0 radical (unpaired) electrons. The molecule has 11 heteroatoms. The summed E-state index contributed by atoms with van der Waals surface area (Å²) in [4.78, 5) is 6.94. The normalized spacial score (nSPS) is 12.5. The smallest absolute Gasteiger partial charge is 0.418 e. The highest BCUT2D eigenvalue weighted by atomic mass is 35.5. The van der Waals surface area contributed by atoms with Crippen molar-refractivity contribution >= 4 is 32.7 Å². The third-order valence-electron chi connectivity index (χ3n) is 3.43. The lowest BCUT2D eigenvalue weighted by Crippen LogP contribution is -2.13. The minimum absolute atomic E-state index is 0.228. The lowest BCUT2D eigenvalue weighted by Gasteiger charge is -2.07. The van der Waals surface area contributed by atoms with Gasteiger partial charge >= 0.3 is 6.18 Å². The van der Waals surface area contributed by atoms with Crippen LogP contribution in [0.3, 0.4) is 0 Å². The van der Waals surface area contributed by atoms with Gasteiger partial charge in [-0.15, -0.1) is 0 Å². The topological polar surface area (TPSA) is 74.1 Å². The predicted octanol–water partition coefficient (Wildman–Crippen LogP) is 3.35. The maximum absolute atomic E-state index is 13.3. The fourth-order valence-corrected chi connectivity index (χ4v) is 3.80. The highest BCUT2D eigenvalue weighted by Crippen LogP contribution is 2.39. The number of methoxy groups -OCH3 is 1. The van der Waals surface area contributed by atoms with Crippen molar-refractivity contribution in [2.45, 2.75) is 11.1 Å². The van der Waals surface area contributed by atoms with Crippen molar-refractivity contribution in [1.82, 2.24) is 13.9 Å². The molecule has 25 heavy (non-hydrogen) atoms. The molecule has 0 spiro atoms. The van der Waals surface area contributed by atoms with Gasteiger partial charge in [0.05, 0.1) is 23.0 Å². The molecule has 0 amide bonds. The Morgan fingerprint density at radius 1 is 1.16 bits per heavy atom. The quantitative estimate of drug-likeness (QED) is 0.640. The molecule has 0 saturated heterocycles. The minimum Gasteiger partial charge on any atom is -0.497 e. The summed E-state index contributed by atoms with van der Waals surface area (Å²) >= 11 is 5.74. The van der Waals surface area contributed by atoms with Crippen LogP contribution in [0.5, 0.6) is 5.75 Å². The van der Waals surface area contributed by atoms with Gasteiger partial charge in [-0.05, 0) is 24.3 Å². The molecule has 0 bridgehead atoms. The Labute approximate surface area is 144 Å². The molecule has 2 heterocycles. The van der Waals surface area contributed by atoms with Crippen LogP contribution < -0.4 is 4.74 Å². The van der Waals surface area contributed by atoms with Gasteiger partial charge in [-0.2, -0.15) is 13.2 Å². The molecule has 1 aromatic carbocycles. The molecule has 3 aromatic rings. The SMILES string of the molecule is COc1ccc(S(=O)(=O)n2cc(C(F)(F)F)c3c(Cl)ncnc32)cc1. The van der Waals surface area contributed by atoms with Crippen LogP contribution in [-0.2, 0) is 16.2 Å². The van der Waals surface area contributed by atoms with Crippen molar-refractivity contribution in [3.63, 3.8) is 0 Å². The van der Waals surface area contributed by atoms with Gasteiger partial charge in [0.2, 0.25) is 0 Å². The summed E-state index contributed by atoms with van der Waals surface area (Å²) in [5.74, 6) is 0.401. The molecule has 0 aliphatic heterocycles. The second kappa shape index (κ2) is 5.88. The van der Waals surface area contributed by atoms with Gasteiger partial charge in [-0.1, -0.05) is 11.6 Å². The van der Waals surface area contributed by atoms with Crippen LogP contribution in [0.4, 0.5) is 13.2 Å². The van der Waals surface area contributed by atoms with Crippen molar-refractivity contribution in [2.75, 3.05) is 7.11 Å². The molecule has 0 fully saturated rings. The summed E-state index contributed by atoms with van der Waals surface area (Å²) in [6.45, 7) is 0. The first-order valence-corrected chi connectivity index (χ1v) is 8.46. The number of hydrogen-bond acceptors (Lipinski definition) is 5. The molecule has 0 saturated carbocycles. The van der Waals surface area contributed by atoms with E-state index in [-0.39, 0.29) is 4.90 Å². The zero-order valence-corrected chi connectivity index (χ0v) is 14.0. The van der Waals surface area contributed by atoms with Crippen molar-refractivity contribution in [1.29, 1.82) is 0 Å². The van der Waals surface area contributed by atoms with E-state index in [1.807, 2.05) is 0 Å². The summed E-state index contributed by atoms with van der Waals surface area (Å²) in [5, 5.41) is -1.06. The molecule has 3 rings (SSSR count). The van der Waals surface area contributed by atoms with E-state index in [1.54, 1.807) is 0 Å². The lowest BCUT2D eigenvalue weighted by atomic mass is 10.2. The number of halogens is 4. The Kier molecular flexibility index (Phi) is 4.12. The molecule has 0 N–H and O–H groups in total. The molecule has 0 unspecified atom stereocenters. The third-order valence-corrected chi connectivity index (χ3v) is 5.38. The van der Waals surface area contributed by atoms with Gasteiger partial charge in [-0.25, -0.2) is 22.4 Å². The van der Waals surface area contributed by atoms with Gasteiger partial charge in [0.25, 0.3) is 10.0 Å². The number of fused-ring (bicyclic) bond motifs is 1. The highest BCUT2D eigenvalue weighted by molar-refractivity contribution is 7.90. The van der Waals surface area contributed by atoms with E-state index in [0.717, 1.165) is 6.33 Å². The average molecular weight is 392 g/mol. The number of ether oxygens (including phenoxy) is 1. The molecule has 2 aromatic heterocycles. The summed E-state index contributed by atoms with van der Waals surface area (Å²) in [7, 11) is -2.93. The Morgan fingerprint density at radius 3 is 2.36 bits per heavy atom. The molecule has 0 aliphatic rings. The summed E-state index contributed by atoms with van der Waals surface area (Å²) in [5.41, 5.74) is -1.69. The maximum Gasteiger partial charge on any atom is 0.418 e. The van der Waals surface area contributed by atoms with Crippen LogP contribution >= 0.6 is 11.6 Å². The third kappa shape index (κ3) is 2.91. The van der Waals surface area contributed by atoms with Crippen molar-refractivity contribution < 1.29 is 26.3 Å². The van der Waals surface area contributed by atoms with E-state index in [1.165, 1.54) is 31.4 Å². The minimum atomic E-state index is -4.83. The first kappa shape index (κ1) is 17.5. The first-order chi connectivity index (χ1) is 11.7. The Bertz CT molecular complexity index is 1050. The van der Waals surface area contributed by atoms with E-state index < -0.39 is 37.9 Å². The van der Waals surface area contributed by atoms with Gasteiger partial charge in [0, 0.05) is 6.20 Å². The van der Waals surface area contributed by atoms with E-state index >= 15 is 0 Å². The van der Waals surface area contributed by atoms with Crippen LogP contribution in [0.25, 0.3) is 11.0 Å². The van der Waals surface area contributed by atoms with Crippen molar-refractivity contribution in [2.24, 2.45) is 0 Å². The van der Waals surface area contributed by atoms with Crippen LogP contribution in [0.1, 0.15) is 5.56 Å². The van der Waals surface area contributed by atoms with Crippen LogP contribution in [0, 0.1) is 0 Å². The lowest BCUT2D eigenvalue weighted by molar-refractivity contribution is -0.136. The van der Waals surface area contributed by atoms with Crippen molar-refractivity contribution in [3.8, 4) is 5.75 Å². The number of alkyl halides is 3. The summed E-state index contributed by atoms with van der Waals surface area (Å²) < 4.78 is 70.7. The van der Waals surface area contributed by atoms with Gasteiger partial charge in [0.1, 0.15) is 17.2 Å². The zero-order chi connectivity index (χ0) is 18.4. The first-order valence-electron chi connectivity index (χ1n) is 6.64. The number of nitrogens with zero attached hydrogens (tertiary/aromatic N) is 3. The van der Waals surface area contributed by atoms with E-state index in [9.17, 15) is 21.6 Å². The molecular weight excluding hydrogens is 383 g/mol. The largest absolute Gasteiger partial charge is 0.497 e. The summed E-state index contributed by atoms with van der Waals surface area (Å²) in [6, 6.07) is 5.20. The summed E-state index contributed by atoms with van der Waals surface area (Å²) in [6.07, 6.45) is -3.48. The van der Waals surface area contributed by atoms with Gasteiger partial charge in [0.15, 0.2) is 5.65 Å². The van der Waals surface area contributed by atoms with E-state index in [0.29, 0.717) is 15.9 Å². The second-order valence-corrected chi connectivity index (χ2v) is 7.05. The molecular formula is C14H9ClF3N3O3S. The second-order valence-electron chi connectivity index (χ2n) is 4.88. The fraction of sp³-hybridized carbons (Fsp3) is 0.143. The highest BCUT2D eigenvalue weighted by Gasteiger charge is 2.38. The Hall–Kier alpha value is -2.33. The number of rotatable bonds is 3. The molecule has 0 aliphatic carbocycles. The standard InChI is InChI=1S/C14H9ClF3N3O3S/c1-24-8-2-4-9(5-3-8)25(22,23)21-6-10(14(16,17)18)11-12(15)19-7-20-13(11)21/h2-7H,1H3. The Morgan fingerprint density at radius 2 is 1.80 bits per heavy atom. The molecule has 132 valence electrons. The van der Waals surface area contributed by atoms with E-state index in [4.69, 9.17) is 16.3 Å². The van der Waals surface area contributed by atoms with Crippen molar-refractivity contribution in [3.05, 3.63) is 47.5 Å². The number of aromatic nitrogens is 3. The fourth-order valence-electron chi connectivity index (χ4n) is 2.26. The van der Waals surface area contributed by atoms with Crippen LogP contribution in [0.15, 0.2) is 41.7 Å².